The summed E-state index contributed by atoms with van der Waals surface area (Å²) in [4.78, 5) is 11.7. The normalized spacial score (nSPS) is 28.7. The molecule has 1 aliphatic carbocycles. The second-order valence-electron chi connectivity index (χ2n) is 3.88. The number of rotatable bonds is 2. The van der Waals surface area contributed by atoms with E-state index in [1.54, 1.807) is 0 Å². The summed E-state index contributed by atoms with van der Waals surface area (Å²) in [5, 5.41) is 0. The van der Waals surface area contributed by atoms with Crippen LogP contribution in [0.3, 0.4) is 0 Å². The van der Waals surface area contributed by atoms with E-state index in [0.717, 1.165) is 24.2 Å². The molecule has 0 unspecified atom stereocenters. The number of esters is 1. The molecule has 3 nitrogen and oxygen atoms in total. The SMILES string of the molecule is CCOC(=O)C1=C(C)O[C@H]2C=CCC[C@H]12. The molecule has 0 spiro atoms. The van der Waals surface area contributed by atoms with Crippen LogP contribution in [0.2, 0.25) is 0 Å². The molecule has 2 aliphatic rings. The molecule has 82 valence electrons. The Morgan fingerprint density at radius 3 is 3.20 bits per heavy atom. The Bertz CT molecular complexity index is 328. The Labute approximate surface area is 89.8 Å². The summed E-state index contributed by atoms with van der Waals surface area (Å²) in [5.74, 6) is 0.724. The van der Waals surface area contributed by atoms with Gasteiger partial charge < -0.3 is 9.47 Å². The van der Waals surface area contributed by atoms with Crippen LogP contribution in [0.1, 0.15) is 26.7 Å². The van der Waals surface area contributed by atoms with Crippen LogP contribution in [0.5, 0.6) is 0 Å². The summed E-state index contributed by atoms with van der Waals surface area (Å²) < 4.78 is 10.7. The molecule has 1 heterocycles. The molecule has 0 aromatic rings. The smallest absolute Gasteiger partial charge is 0.337 e. The van der Waals surface area contributed by atoms with Gasteiger partial charge in [0.05, 0.1) is 12.2 Å². The van der Waals surface area contributed by atoms with E-state index < -0.39 is 0 Å². The maximum Gasteiger partial charge on any atom is 0.337 e. The van der Waals surface area contributed by atoms with Crippen LogP contribution in [0.15, 0.2) is 23.5 Å². The molecule has 0 amide bonds. The molecular formula is C12H16O3. The molecule has 0 N–H and O–H groups in total. The molecule has 0 radical (unpaired) electrons. The van der Waals surface area contributed by atoms with E-state index in [1.165, 1.54) is 0 Å². The van der Waals surface area contributed by atoms with Crippen LogP contribution in [-0.2, 0) is 14.3 Å². The maximum atomic E-state index is 11.7. The fourth-order valence-corrected chi connectivity index (χ4v) is 2.27. The lowest BCUT2D eigenvalue weighted by molar-refractivity contribution is -0.139. The molecule has 0 saturated heterocycles. The number of carbonyl (C=O) groups excluding carboxylic acids is 1. The average Bonchev–Trinajstić information content (AvgIpc) is 2.54. The van der Waals surface area contributed by atoms with Crippen molar-refractivity contribution in [2.24, 2.45) is 5.92 Å². The molecule has 0 aromatic carbocycles. The summed E-state index contributed by atoms with van der Waals surface area (Å²) in [6.45, 7) is 4.09. The van der Waals surface area contributed by atoms with Gasteiger partial charge in [0.25, 0.3) is 0 Å². The van der Waals surface area contributed by atoms with Crippen LogP contribution >= 0.6 is 0 Å². The van der Waals surface area contributed by atoms with Crippen molar-refractivity contribution in [3.05, 3.63) is 23.5 Å². The quantitative estimate of drug-likeness (QED) is 0.515. The van der Waals surface area contributed by atoms with Gasteiger partial charge in [0.2, 0.25) is 0 Å². The Kier molecular flexibility index (Phi) is 2.80. The lowest BCUT2D eigenvalue weighted by atomic mass is 9.86. The first kappa shape index (κ1) is 10.3. The van der Waals surface area contributed by atoms with E-state index in [2.05, 4.69) is 6.08 Å². The van der Waals surface area contributed by atoms with Crippen LogP contribution in [0.25, 0.3) is 0 Å². The van der Waals surface area contributed by atoms with Crippen LogP contribution < -0.4 is 0 Å². The zero-order chi connectivity index (χ0) is 10.8. The first-order valence-corrected chi connectivity index (χ1v) is 5.45. The van der Waals surface area contributed by atoms with Crippen molar-refractivity contribution in [2.45, 2.75) is 32.8 Å². The van der Waals surface area contributed by atoms with Gasteiger partial charge in [-0.15, -0.1) is 0 Å². The number of hydrogen-bond donors (Lipinski definition) is 0. The van der Waals surface area contributed by atoms with Crippen molar-refractivity contribution < 1.29 is 14.3 Å². The van der Waals surface area contributed by atoms with E-state index in [9.17, 15) is 4.79 Å². The summed E-state index contributed by atoms with van der Waals surface area (Å²) in [5.41, 5.74) is 0.742. The maximum absolute atomic E-state index is 11.7. The predicted octanol–water partition coefficient (Wildman–Crippen LogP) is 2.19. The van der Waals surface area contributed by atoms with Gasteiger partial charge in [-0.2, -0.15) is 0 Å². The minimum absolute atomic E-state index is 0.0538. The Balaban J connectivity index is 2.19. The molecule has 2 atom stereocenters. The Morgan fingerprint density at radius 1 is 1.67 bits per heavy atom. The summed E-state index contributed by atoms with van der Waals surface area (Å²) in [6, 6.07) is 0. The standard InChI is InChI=1S/C12H16O3/c1-3-14-12(13)11-8(2)15-10-7-5-4-6-9(10)11/h5,7,9-10H,3-4,6H2,1-2H3/t9-,10-/m0/s1. The highest BCUT2D eigenvalue weighted by Gasteiger charge is 2.38. The van der Waals surface area contributed by atoms with Gasteiger partial charge in [-0.3, -0.25) is 0 Å². The molecule has 3 heteroatoms. The first-order valence-electron chi connectivity index (χ1n) is 5.45. The van der Waals surface area contributed by atoms with E-state index in [4.69, 9.17) is 9.47 Å². The molecule has 0 aromatic heterocycles. The third kappa shape index (κ3) is 1.78. The topological polar surface area (TPSA) is 35.5 Å². The zero-order valence-electron chi connectivity index (χ0n) is 9.16. The Hall–Kier alpha value is -1.25. The average molecular weight is 208 g/mol. The minimum atomic E-state index is -0.210. The summed E-state index contributed by atoms with van der Waals surface area (Å²) in [6.07, 6.45) is 6.21. The number of hydrogen-bond acceptors (Lipinski definition) is 3. The third-order valence-corrected chi connectivity index (χ3v) is 2.92. The van der Waals surface area contributed by atoms with Crippen molar-refractivity contribution >= 4 is 5.97 Å². The molecule has 2 rings (SSSR count). The fourth-order valence-electron chi connectivity index (χ4n) is 2.27. The van der Waals surface area contributed by atoms with Gasteiger partial charge in [0.1, 0.15) is 11.9 Å². The largest absolute Gasteiger partial charge is 0.490 e. The molecule has 0 fully saturated rings. The van der Waals surface area contributed by atoms with E-state index in [1.807, 2.05) is 19.9 Å². The van der Waals surface area contributed by atoms with Gasteiger partial charge in [-0.05, 0) is 32.8 Å². The summed E-state index contributed by atoms with van der Waals surface area (Å²) >= 11 is 0. The molecule has 0 bridgehead atoms. The third-order valence-electron chi connectivity index (χ3n) is 2.92. The number of allylic oxidation sites excluding steroid dienone is 2. The van der Waals surface area contributed by atoms with Crippen molar-refractivity contribution in [2.75, 3.05) is 6.61 Å². The lowest BCUT2D eigenvalue weighted by Gasteiger charge is -2.20. The number of carbonyl (C=O) groups is 1. The van der Waals surface area contributed by atoms with Crippen molar-refractivity contribution in [1.29, 1.82) is 0 Å². The van der Waals surface area contributed by atoms with Crippen molar-refractivity contribution in [1.82, 2.24) is 0 Å². The number of fused-ring (bicyclic) bond motifs is 1. The molecular weight excluding hydrogens is 192 g/mol. The molecule has 15 heavy (non-hydrogen) atoms. The zero-order valence-corrected chi connectivity index (χ0v) is 9.16. The van der Waals surface area contributed by atoms with E-state index in [0.29, 0.717) is 6.61 Å². The van der Waals surface area contributed by atoms with Gasteiger partial charge >= 0.3 is 5.97 Å². The highest BCUT2D eigenvalue weighted by atomic mass is 16.5. The number of ether oxygens (including phenoxy) is 2. The van der Waals surface area contributed by atoms with E-state index >= 15 is 0 Å². The van der Waals surface area contributed by atoms with Gasteiger partial charge in [0, 0.05) is 5.92 Å². The molecule has 0 saturated carbocycles. The van der Waals surface area contributed by atoms with Crippen molar-refractivity contribution in [3.8, 4) is 0 Å². The van der Waals surface area contributed by atoms with Gasteiger partial charge in [-0.25, -0.2) is 4.79 Å². The lowest BCUT2D eigenvalue weighted by Crippen LogP contribution is -2.23. The monoisotopic (exact) mass is 208 g/mol. The van der Waals surface area contributed by atoms with Gasteiger partial charge in [0.15, 0.2) is 0 Å². The summed E-state index contributed by atoms with van der Waals surface area (Å²) in [7, 11) is 0. The highest BCUT2D eigenvalue weighted by molar-refractivity contribution is 5.90. The second-order valence-corrected chi connectivity index (χ2v) is 3.88. The first-order chi connectivity index (χ1) is 7.24. The molecule has 1 aliphatic heterocycles. The van der Waals surface area contributed by atoms with Crippen molar-refractivity contribution in [3.63, 3.8) is 0 Å². The van der Waals surface area contributed by atoms with Crippen LogP contribution in [0.4, 0.5) is 0 Å². The fraction of sp³-hybridized carbons (Fsp3) is 0.583. The minimum Gasteiger partial charge on any atom is -0.490 e. The van der Waals surface area contributed by atoms with E-state index in [-0.39, 0.29) is 18.0 Å². The van der Waals surface area contributed by atoms with Gasteiger partial charge in [-0.1, -0.05) is 6.08 Å². The predicted molar refractivity (Wildman–Crippen MR) is 56.1 cm³/mol. The highest BCUT2D eigenvalue weighted by Crippen LogP contribution is 2.38. The van der Waals surface area contributed by atoms with Crippen LogP contribution in [-0.4, -0.2) is 18.7 Å². The second kappa shape index (κ2) is 4.09. The van der Waals surface area contributed by atoms with Crippen LogP contribution in [0, 0.1) is 5.92 Å². The Morgan fingerprint density at radius 2 is 2.47 bits per heavy atom.